The molecule has 0 aliphatic rings. The van der Waals surface area contributed by atoms with Crippen molar-refractivity contribution >= 4 is 46.7 Å². The highest BCUT2D eigenvalue weighted by molar-refractivity contribution is 6.44. The number of pyridine rings is 1. The van der Waals surface area contributed by atoms with E-state index >= 15 is 0 Å². The predicted molar refractivity (Wildman–Crippen MR) is 114 cm³/mol. The van der Waals surface area contributed by atoms with E-state index in [1.54, 1.807) is 6.07 Å². The Morgan fingerprint density at radius 3 is 2.42 bits per heavy atom. The van der Waals surface area contributed by atoms with Crippen LogP contribution in [0.2, 0.25) is 10.0 Å². The summed E-state index contributed by atoms with van der Waals surface area (Å²) in [5, 5.41) is 12.7. The highest BCUT2D eigenvalue weighted by Gasteiger charge is 2.17. The monoisotopic (exact) mass is 465 g/mol. The molecule has 0 saturated heterocycles. The number of carbonyl (C=O) groups is 2. The molecule has 162 valence electrons. The summed E-state index contributed by atoms with van der Waals surface area (Å²) in [5.74, 6) is -0.133. The fourth-order valence-electron chi connectivity index (χ4n) is 2.31. The molecule has 0 fully saturated rings. The number of ether oxygens (including phenoxy) is 3. The highest BCUT2D eigenvalue weighted by atomic mass is 35.5. The van der Waals surface area contributed by atoms with Crippen molar-refractivity contribution in [1.29, 1.82) is 5.26 Å². The third-order valence-corrected chi connectivity index (χ3v) is 4.24. The third-order valence-electron chi connectivity index (χ3n) is 3.68. The Kier molecular flexibility index (Phi) is 8.01. The number of nitrogens with zero attached hydrogens (tertiary/aromatic N) is 3. The lowest BCUT2D eigenvalue weighted by Gasteiger charge is -2.15. The Hall–Kier alpha value is -3.55. The Bertz CT molecular complexity index is 1060. The number of esters is 1. The van der Waals surface area contributed by atoms with E-state index in [0.29, 0.717) is 11.6 Å². The van der Waals surface area contributed by atoms with Gasteiger partial charge in [0.2, 0.25) is 11.6 Å². The van der Waals surface area contributed by atoms with Crippen LogP contribution >= 0.6 is 23.2 Å². The van der Waals surface area contributed by atoms with E-state index in [4.69, 9.17) is 43.7 Å². The summed E-state index contributed by atoms with van der Waals surface area (Å²) in [7, 11) is 1.53. The number of primary amides is 1. The topological polar surface area (TPSA) is 149 Å². The first-order valence-electron chi connectivity index (χ1n) is 8.62. The molecule has 2 aromatic rings. The zero-order valence-corrected chi connectivity index (χ0v) is 18.1. The van der Waals surface area contributed by atoms with Gasteiger partial charge in [-0.2, -0.15) is 10.4 Å². The van der Waals surface area contributed by atoms with Gasteiger partial charge in [0, 0.05) is 5.56 Å². The summed E-state index contributed by atoms with van der Waals surface area (Å²) in [6.07, 6.45) is 0.103. The molecule has 1 aromatic heterocycles. The molecule has 3 N–H and O–H groups in total. The molecule has 1 heterocycles. The molecular weight excluding hydrogens is 449 g/mol. The predicted octanol–water partition coefficient (Wildman–Crippen LogP) is 4.23. The van der Waals surface area contributed by atoms with Crippen molar-refractivity contribution in [3.8, 4) is 23.4 Å². The Morgan fingerprint density at radius 2 is 1.90 bits per heavy atom. The number of aromatic nitrogens is 1. The van der Waals surface area contributed by atoms with E-state index < -0.39 is 17.8 Å². The van der Waals surface area contributed by atoms with Crippen molar-refractivity contribution < 1.29 is 23.8 Å². The van der Waals surface area contributed by atoms with Crippen LogP contribution in [-0.4, -0.2) is 29.9 Å². The number of nitrogens with one attached hydrogen (secondary N) is 1. The van der Waals surface area contributed by atoms with Crippen LogP contribution in [0.1, 0.15) is 25.3 Å². The number of benzene rings is 1. The summed E-state index contributed by atoms with van der Waals surface area (Å²) < 4.78 is 15.1. The van der Waals surface area contributed by atoms with Gasteiger partial charge in [-0.25, -0.2) is 14.6 Å². The Morgan fingerprint density at radius 1 is 1.26 bits per heavy atom. The van der Waals surface area contributed by atoms with E-state index in [9.17, 15) is 9.59 Å². The second kappa shape index (κ2) is 10.5. The molecule has 0 radical (unpaired) electrons. The van der Waals surface area contributed by atoms with Gasteiger partial charge in [0.25, 0.3) is 0 Å². The molecule has 1 aromatic carbocycles. The van der Waals surface area contributed by atoms with Gasteiger partial charge in [-0.05, 0) is 24.1 Å². The SMILES string of the molecule is COc1ncc(Oc2c(Cl)cc(NN=C(C#N)C(=O)OC(N)=O)cc2Cl)cc1C(C)C. The average molecular weight is 466 g/mol. The lowest BCUT2D eigenvalue weighted by molar-refractivity contribution is -0.129. The summed E-state index contributed by atoms with van der Waals surface area (Å²) in [6.45, 7) is 3.97. The highest BCUT2D eigenvalue weighted by Crippen LogP contribution is 2.40. The quantitative estimate of drug-likeness (QED) is 0.267. The van der Waals surface area contributed by atoms with Crippen molar-refractivity contribution in [2.24, 2.45) is 10.8 Å². The molecule has 0 aliphatic carbocycles. The van der Waals surface area contributed by atoms with Gasteiger partial charge in [-0.15, -0.1) is 0 Å². The van der Waals surface area contributed by atoms with E-state index in [1.165, 1.54) is 31.5 Å². The number of hydrazone groups is 1. The van der Waals surface area contributed by atoms with E-state index in [0.717, 1.165) is 5.56 Å². The first-order valence-corrected chi connectivity index (χ1v) is 9.38. The third kappa shape index (κ3) is 6.21. The van der Waals surface area contributed by atoms with Crippen molar-refractivity contribution in [2.75, 3.05) is 12.5 Å². The summed E-state index contributed by atoms with van der Waals surface area (Å²) in [4.78, 5) is 26.3. The number of hydrogen-bond acceptors (Lipinski definition) is 9. The van der Waals surface area contributed by atoms with Gasteiger partial charge >= 0.3 is 12.1 Å². The van der Waals surface area contributed by atoms with Gasteiger partial charge in [0.15, 0.2) is 5.75 Å². The number of amides is 1. The van der Waals surface area contributed by atoms with Crippen LogP contribution < -0.4 is 20.6 Å². The lowest BCUT2D eigenvalue weighted by atomic mass is 10.1. The van der Waals surface area contributed by atoms with Crippen LogP contribution in [0.15, 0.2) is 29.5 Å². The van der Waals surface area contributed by atoms with Crippen LogP contribution in [0.4, 0.5) is 10.5 Å². The lowest BCUT2D eigenvalue weighted by Crippen LogP contribution is -2.24. The largest absolute Gasteiger partial charge is 0.481 e. The normalized spacial score (nSPS) is 10.9. The number of carbonyl (C=O) groups excluding carboxylic acids is 2. The summed E-state index contributed by atoms with van der Waals surface area (Å²) >= 11 is 12.5. The van der Waals surface area contributed by atoms with E-state index in [2.05, 4.69) is 20.2 Å². The minimum Gasteiger partial charge on any atom is -0.481 e. The molecule has 1 amide bonds. The molecule has 10 nitrogen and oxygen atoms in total. The fraction of sp³-hybridized carbons (Fsp3) is 0.211. The van der Waals surface area contributed by atoms with Crippen molar-refractivity contribution in [3.05, 3.63) is 40.0 Å². The average Bonchev–Trinajstić information content (AvgIpc) is 2.70. The molecule has 0 bridgehead atoms. The molecule has 0 aliphatic heterocycles. The van der Waals surface area contributed by atoms with Crippen molar-refractivity contribution in [1.82, 2.24) is 4.98 Å². The van der Waals surface area contributed by atoms with E-state index in [1.807, 2.05) is 13.8 Å². The molecule has 31 heavy (non-hydrogen) atoms. The number of hydrogen-bond donors (Lipinski definition) is 2. The minimum atomic E-state index is -1.37. The van der Waals surface area contributed by atoms with Crippen LogP contribution in [-0.2, 0) is 9.53 Å². The van der Waals surface area contributed by atoms with Gasteiger partial charge < -0.3 is 19.9 Å². The maximum absolute atomic E-state index is 11.5. The molecule has 2 rings (SSSR count). The molecule has 0 atom stereocenters. The number of rotatable bonds is 7. The van der Waals surface area contributed by atoms with Gasteiger partial charge in [-0.1, -0.05) is 37.0 Å². The van der Waals surface area contributed by atoms with Crippen LogP contribution in [0, 0.1) is 11.3 Å². The smallest absolute Gasteiger partial charge is 0.412 e. The van der Waals surface area contributed by atoms with Crippen LogP contribution in [0.5, 0.6) is 17.4 Å². The summed E-state index contributed by atoms with van der Waals surface area (Å²) in [5.41, 5.74) is 7.48. The Labute approximate surface area is 187 Å². The Balaban J connectivity index is 2.26. The minimum absolute atomic E-state index is 0.116. The number of methoxy groups -OCH3 is 1. The first kappa shape index (κ1) is 23.7. The number of halogens is 2. The molecule has 0 saturated carbocycles. The molecule has 0 unspecified atom stereocenters. The van der Waals surface area contributed by atoms with E-state index in [-0.39, 0.29) is 27.4 Å². The zero-order chi connectivity index (χ0) is 23.1. The second-order valence-electron chi connectivity index (χ2n) is 6.19. The molecular formula is C19H17Cl2N5O5. The maximum atomic E-state index is 11.5. The first-order chi connectivity index (χ1) is 14.7. The van der Waals surface area contributed by atoms with Crippen molar-refractivity contribution in [3.63, 3.8) is 0 Å². The second-order valence-corrected chi connectivity index (χ2v) is 7.00. The van der Waals surface area contributed by atoms with Gasteiger partial charge in [0.1, 0.15) is 11.8 Å². The number of nitrogens with two attached hydrogens (primary N) is 1. The molecule has 0 spiro atoms. The van der Waals surface area contributed by atoms with Crippen LogP contribution in [0.3, 0.4) is 0 Å². The zero-order valence-electron chi connectivity index (χ0n) is 16.6. The van der Waals surface area contributed by atoms with Crippen molar-refractivity contribution in [2.45, 2.75) is 19.8 Å². The number of anilines is 1. The fourth-order valence-corrected chi connectivity index (χ4v) is 2.87. The van der Waals surface area contributed by atoms with Gasteiger partial charge in [0.05, 0.1) is 29.0 Å². The number of nitriles is 1. The standard InChI is InChI=1S/C19H17Cl2N5O5/c1-9(2)12-6-11(8-24-17(12)29-3)30-16-13(20)4-10(5-14(16)21)25-26-15(7-22)18(27)31-19(23)28/h4-6,8-9,25H,1-3H3,(H2,23,28). The maximum Gasteiger partial charge on any atom is 0.412 e. The van der Waals surface area contributed by atoms with Crippen LogP contribution in [0.25, 0.3) is 0 Å². The molecule has 12 heteroatoms. The van der Waals surface area contributed by atoms with Gasteiger partial charge in [-0.3, -0.25) is 5.43 Å². The summed E-state index contributed by atoms with van der Waals surface area (Å²) in [6, 6.07) is 6.05.